The van der Waals surface area contributed by atoms with Crippen LogP contribution in [0.3, 0.4) is 0 Å². The molecule has 1 fully saturated rings. The maximum Gasteiger partial charge on any atom is 0.00717 e. The quantitative estimate of drug-likeness (QED) is 0.691. The van der Waals surface area contributed by atoms with Gasteiger partial charge in [-0.25, -0.2) is 0 Å². The maximum absolute atomic E-state index is 3.59. The van der Waals surface area contributed by atoms with Crippen LogP contribution in [0.4, 0.5) is 0 Å². The minimum atomic E-state index is 0.808. The average Bonchev–Trinajstić information content (AvgIpc) is 2.41. The Morgan fingerprint density at radius 3 is 2.54 bits per heavy atom. The van der Waals surface area contributed by atoms with E-state index < -0.39 is 0 Å². The number of nitrogens with zero attached hydrogens (tertiary/aromatic N) is 1. The van der Waals surface area contributed by atoms with Crippen molar-refractivity contribution in [3.63, 3.8) is 0 Å². The molecule has 1 nitrogen and oxygen atoms in total. The zero-order valence-electron chi connectivity index (χ0n) is 9.09. The normalized spacial score (nSPS) is 32.3. The molecule has 1 aliphatic rings. The Morgan fingerprint density at radius 1 is 1.46 bits per heavy atom. The largest absolute Gasteiger partial charge is 0.300 e. The standard InChI is InChI=1S/C11H22BrN/c1-4-11(6-12)8-13-7-9(2)5-10(13)3/h9-11H,4-8H2,1-3H3. The van der Waals surface area contributed by atoms with Gasteiger partial charge in [0.25, 0.3) is 0 Å². The Kier molecular flexibility index (Phi) is 4.74. The van der Waals surface area contributed by atoms with Gasteiger partial charge in [0, 0.05) is 24.5 Å². The third-order valence-electron chi connectivity index (χ3n) is 3.20. The lowest BCUT2D eigenvalue weighted by Crippen LogP contribution is -2.32. The predicted molar refractivity (Wildman–Crippen MR) is 62.4 cm³/mol. The third-order valence-corrected chi connectivity index (χ3v) is 4.12. The zero-order valence-corrected chi connectivity index (χ0v) is 10.7. The van der Waals surface area contributed by atoms with Crippen LogP contribution in [0.15, 0.2) is 0 Å². The second-order valence-corrected chi connectivity index (χ2v) is 5.22. The molecule has 1 saturated heterocycles. The van der Waals surface area contributed by atoms with Crippen LogP contribution in [0, 0.1) is 11.8 Å². The first-order chi connectivity index (χ1) is 6.17. The summed E-state index contributed by atoms with van der Waals surface area (Å²) in [6, 6.07) is 0.808. The summed E-state index contributed by atoms with van der Waals surface area (Å²) in [7, 11) is 0. The molecule has 2 heteroatoms. The number of halogens is 1. The van der Waals surface area contributed by atoms with Gasteiger partial charge in [0.15, 0.2) is 0 Å². The summed E-state index contributed by atoms with van der Waals surface area (Å²) in [4.78, 5) is 2.65. The highest BCUT2D eigenvalue weighted by Gasteiger charge is 2.26. The Bertz CT molecular complexity index is 145. The molecule has 3 atom stereocenters. The first-order valence-corrected chi connectivity index (χ1v) is 6.59. The monoisotopic (exact) mass is 247 g/mol. The molecule has 78 valence electrons. The molecule has 0 aromatic rings. The van der Waals surface area contributed by atoms with E-state index in [2.05, 4.69) is 41.6 Å². The van der Waals surface area contributed by atoms with Gasteiger partial charge in [-0.3, -0.25) is 0 Å². The molecule has 0 aliphatic carbocycles. The molecule has 0 aromatic heterocycles. The molecule has 1 heterocycles. The summed E-state index contributed by atoms with van der Waals surface area (Å²) < 4.78 is 0. The van der Waals surface area contributed by atoms with Crippen LogP contribution in [-0.2, 0) is 0 Å². The van der Waals surface area contributed by atoms with Crippen LogP contribution < -0.4 is 0 Å². The lowest BCUT2D eigenvalue weighted by Gasteiger charge is -2.25. The highest BCUT2D eigenvalue weighted by Crippen LogP contribution is 2.24. The topological polar surface area (TPSA) is 3.24 Å². The zero-order chi connectivity index (χ0) is 9.84. The molecule has 3 unspecified atom stereocenters. The van der Waals surface area contributed by atoms with Crippen molar-refractivity contribution in [3.8, 4) is 0 Å². The maximum atomic E-state index is 3.59. The van der Waals surface area contributed by atoms with E-state index in [0.29, 0.717) is 0 Å². The third kappa shape index (κ3) is 3.25. The van der Waals surface area contributed by atoms with Gasteiger partial charge >= 0.3 is 0 Å². The minimum absolute atomic E-state index is 0.808. The molecule has 0 bridgehead atoms. The van der Waals surface area contributed by atoms with E-state index in [4.69, 9.17) is 0 Å². The molecular weight excluding hydrogens is 226 g/mol. The van der Waals surface area contributed by atoms with Gasteiger partial charge in [-0.15, -0.1) is 0 Å². The lowest BCUT2D eigenvalue weighted by atomic mass is 10.1. The number of alkyl halides is 1. The Balaban J connectivity index is 2.35. The van der Waals surface area contributed by atoms with E-state index in [9.17, 15) is 0 Å². The van der Waals surface area contributed by atoms with Crippen molar-refractivity contribution in [2.45, 2.75) is 39.7 Å². The van der Waals surface area contributed by atoms with Gasteiger partial charge in [-0.05, 0) is 25.2 Å². The summed E-state index contributed by atoms with van der Waals surface area (Å²) in [5, 5.41) is 1.15. The molecule has 0 spiro atoms. The second kappa shape index (κ2) is 5.35. The number of hydrogen-bond acceptors (Lipinski definition) is 1. The molecule has 13 heavy (non-hydrogen) atoms. The van der Waals surface area contributed by atoms with Crippen LogP contribution in [0.25, 0.3) is 0 Å². The molecular formula is C11H22BrN. The fourth-order valence-electron chi connectivity index (χ4n) is 2.26. The summed E-state index contributed by atoms with van der Waals surface area (Å²) >= 11 is 3.59. The van der Waals surface area contributed by atoms with E-state index >= 15 is 0 Å². The molecule has 0 radical (unpaired) electrons. The summed E-state index contributed by atoms with van der Waals surface area (Å²) in [5.41, 5.74) is 0. The Labute approximate surface area is 91.0 Å². The highest BCUT2D eigenvalue weighted by atomic mass is 79.9. The van der Waals surface area contributed by atoms with E-state index in [-0.39, 0.29) is 0 Å². The molecule has 0 aromatic carbocycles. The van der Waals surface area contributed by atoms with E-state index in [1.807, 2.05) is 0 Å². The van der Waals surface area contributed by atoms with Gasteiger partial charge in [0.2, 0.25) is 0 Å². The van der Waals surface area contributed by atoms with E-state index in [0.717, 1.165) is 23.2 Å². The summed E-state index contributed by atoms with van der Waals surface area (Å²) in [6.45, 7) is 9.62. The fraction of sp³-hybridized carbons (Fsp3) is 1.00. The van der Waals surface area contributed by atoms with Crippen molar-refractivity contribution in [1.29, 1.82) is 0 Å². The smallest absolute Gasteiger partial charge is 0.00717 e. The number of rotatable bonds is 4. The van der Waals surface area contributed by atoms with Crippen LogP contribution >= 0.6 is 15.9 Å². The van der Waals surface area contributed by atoms with Gasteiger partial charge in [0.1, 0.15) is 0 Å². The van der Waals surface area contributed by atoms with Crippen molar-refractivity contribution in [3.05, 3.63) is 0 Å². The van der Waals surface area contributed by atoms with E-state index in [1.54, 1.807) is 0 Å². The lowest BCUT2D eigenvalue weighted by molar-refractivity contribution is 0.229. The predicted octanol–water partition coefficient (Wildman–Crippen LogP) is 3.14. The first kappa shape index (κ1) is 11.5. The van der Waals surface area contributed by atoms with Gasteiger partial charge in [0.05, 0.1) is 0 Å². The van der Waals surface area contributed by atoms with Crippen molar-refractivity contribution < 1.29 is 0 Å². The number of hydrogen-bond donors (Lipinski definition) is 0. The molecule has 0 N–H and O–H groups in total. The highest BCUT2D eigenvalue weighted by molar-refractivity contribution is 9.09. The van der Waals surface area contributed by atoms with Gasteiger partial charge in [-0.1, -0.05) is 36.2 Å². The summed E-state index contributed by atoms with van der Waals surface area (Å²) in [6.07, 6.45) is 2.68. The molecule has 0 saturated carbocycles. The van der Waals surface area contributed by atoms with Gasteiger partial charge < -0.3 is 4.90 Å². The van der Waals surface area contributed by atoms with Crippen LogP contribution in [0.2, 0.25) is 0 Å². The van der Waals surface area contributed by atoms with Crippen LogP contribution in [0.1, 0.15) is 33.6 Å². The molecule has 0 amide bonds. The van der Waals surface area contributed by atoms with E-state index in [1.165, 1.54) is 25.9 Å². The Hall–Kier alpha value is 0.440. The first-order valence-electron chi connectivity index (χ1n) is 5.47. The molecule has 1 aliphatic heterocycles. The van der Waals surface area contributed by atoms with Crippen molar-refractivity contribution in [2.75, 3.05) is 18.4 Å². The van der Waals surface area contributed by atoms with Crippen molar-refractivity contribution in [2.24, 2.45) is 11.8 Å². The summed E-state index contributed by atoms with van der Waals surface area (Å²) in [5.74, 6) is 1.75. The van der Waals surface area contributed by atoms with Crippen molar-refractivity contribution in [1.82, 2.24) is 4.90 Å². The van der Waals surface area contributed by atoms with Gasteiger partial charge in [-0.2, -0.15) is 0 Å². The van der Waals surface area contributed by atoms with Crippen LogP contribution in [0.5, 0.6) is 0 Å². The average molecular weight is 248 g/mol. The van der Waals surface area contributed by atoms with Crippen molar-refractivity contribution >= 4 is 15.9 Å². The van der Waals surface area contributed by atoms with Crippen LogP contribution in [-0.4, -0.2) is 29.4 Å². The minimum Gasteiger partial charge on any atom is -0.300 e. The SMILES string of the molecule is CCC(CBr)CN1CC(C)CC1C. The Morgan fingerprint density at radius 2 is 2.15 bits per heavy atom. The number of likely N-dealkylation sites (tertiary alicyclic amines) is 1. The fourth-order valence-corrected chi connectivity index (χ4v) is 2.92. The molecule has 1 rings (SSSR count). The second-order valence-electron chi connectivity index (χ2n) is 4.57.